The summed E-state index contributed by atoms with van der Waals surface area (Å²) in [5.41, 5.74) is 1.86. The molecule has 18 heavy (non-hydrogen) atoms. The molecule has 0 aliphatic carbocycles. The molecule has 3 N–H and O–H groups in total. The van der Waals surface area contributed by atoms with Gasteiger partial charge in [0, 0.05) is 11.7 Å². The average molecular weight is 250 g/mol. The fourth-order valence-electron chi connectivity index (χ4n) is 1.64. The molecule has 0 fully saturated rings. The van der Waals surface area contributed by atoms with Gasteiger partial charge in [0.15, 0.2) is 0 Å². The SMILES string of the molecule is Cc1ccccc1NC(=O)CN[C@H](CO)C(C)C. The van der Waals surface area contributed by atoms with Crippen molar-refractivity contribution in [3.63, 3.8) is 0 Å². The summed E-state index contributed by atoms with van der Waals surface area (Å²) in [7, 11) is 0. The monoisotopic (exact) mass is 250 g/mol. The molecule has 4 heteroatoms. The summed E-state index contributed by atoms with van der Waals surface area (Å²) >= 11 is 0. The molecule has 0 radical (unpaired) electrons. The molecule has 0 saturated heterocycles. The molecule has 4 nitrogen and oxygen atoms in total. The molecule has 1 aromatic carbocycles. The fourth-order valence-corrected chi connectivity index (χ4v) is 1.64. The topological polar surface area (TPSA) is 61.4 Å². The van der Waals surface area contributed by atoms with Gasteiger partial charge in [0.05, 0.1) is 13.2 Å². The van der Waals surface area contributed by atoms with Crippen molar-refractivity contribution < 1.29 is 9.90 Å². The Bertz CT molecular complexity index is 391. The van der Waals surface area contributed by atoms with Gasteiger partial charge in [-0.1, -0.05) is 32.0 Å². The third-order valence-electron chi connectivity index (χ3n) is 2.95. The number of amides is 1. The number of hydrogen-bond donors (Lipinski definition) is 3. The van der Waals surface area contributed by atoms with Gasteiger partial charge in [-0.25, -0.2) is 0 Å². The first kappa shape index (κ1) is 14.7. The van der Waals surface area contributed by atoms with Gasteiger partial charge in [-0.2, -0.15) is 0 Å². The highest BCUT2D eigenvalue weighted by atomic mass is 16.3. The van der Waals surface area contributed by atoms with Gasteiger partial charge in [0.1, 0.15) is 0 Å². The Morgan fingerprint density at radius 1 is 1.33 bits per heavy atom. The Balaban J connectivity index is 2.45. The van der Waals surface area contributed by atoms with Gasteiger partial charge in [0.2, 0.25) is 5.91 Å². The van der Waals surface area contributed by atoms with Gasteiger partial charge in [-0.15, -0.1) is 0 Å². The van der Waals surface area contributed by atoms with Crippen LogP contribution in [-0.2, 0) is 4.79 Å². The number of aliphatic hydroxyl groups excluding tert-OH is 1. The number of para-hydroxylation sites is 1. The molecule has 1 amide bonds. The molecular formula is C14H22N2O2. The zero-order valence-electron chi connectivity index (χ0n) is 11.2. The number of aryl methyl sites for hydroxylation is 1. The highest BCUT2D eigenvalue weighted by Crippen LogP contribution is 2.12. The summed E-state index contributed by atoms with van der Waals surface area (Å²) in [6.07, 6.45) is 0. The van der Waals surface area contributed by atoms with E-state index in [0.717, 1.165) is 11.3 Å². The van der Waals surface area contributed by atoms with Gasteiger partial charge in [-0.05, 0) is 24.5 Å². The number of anilines is 1. The molecule has 0 heterocycles. The highest BCUT2D eigenvalue weighted by Gasteiger charge is 2.13. The second-order valence-electron chi connectivity index (χ2n) is 4.78. The third kappa shape index (κ3) is 4.47. The van der Waals surface area contributed by atoms with E-state index in [9.17, 15) is 4.79 Å². The first-order chi connectivity index (χ1) is 8.54. The second kappa shape index (κ2) is 7.13. The van der Waals surface area contributed by atoms with Crippen molar-refractivity contribution in [2.45, 2.75) is 26.8 Å². The largest absolute Gasteiger partial charge is 0.395 e. The summed E-state index contributed by atoms with van der Waals surface area (Å²) < 4.78 is 0. The molecule has 0 saturated carbocycles. The standard InChI is InChI=1S/C14H22N2O2/c1-10(2)13(9-17)15-8-14(18)16-12-7-5-4-6-11(12)3/h4-7,10,13,15,17H,8-9H2,1-3H3,(H,16,18)/t13-/m1/s1. The maximum Gasteiger partial charge on any atom is 0.238 e. The van der Waals surface area contributed by atoms with E-state index in [2.05, 4.69) is 10.6 Å². The molecule has 1 atom stereocenters. The smallest absolute Gasteiger partial charge is 0.238 e. The Labute approximate surface area is 108 Å². The molecular weight excluding hydrogens is 228 g/mol. The Morgan fingerprint density at radius 3 is 2.56 bits per heavy atom. The highest BCUT2D eigenvalue weighted by molar-refractivity contribution is 5.92. The zero-order chi connectivity index (χ0) is 13.5. The van der Waals surface area contributed by atoms with Crippen LogP contribution in [0.2, 0.25) is 0 Å². The van der Waals surface area contributed by atoms with E-state index in [1.165, 1.54) is 0 Å². The number of benzene rings is 1. The summed E-state index contributed by atoms with van der Waals surface area (Å²) in [5.74, 6) is 0.199. The van der Waals surface area contributed by atoms with E-state index in [1.807, 2.05) is 45.0 Å². The van der Waals surface area contributed by atoms with E-state index < -0.39 is 0 Å². The van der Waals surface area contributed by atoms with Crippen LogP contribution in [0.3, 0.4) is 0 Å². The van der Waals surface area contributed by atoms with Crippen LogP contribution >= 0.6 is 0 Å². The van der Waals surface area contributed by atoms with Crippen molar-refractivity contribution in [3.8, 4) is 0 Å². The van der Waals surface area contributed by atoms with Gasteiger partial charge in [-0.3, -0.25) is 4.79 Å². The Morgan fingerprint density at radius 2 is 2.00 bits per heavy atom. The van der Waals surface area contributed by atoms with Crippen molar-refractivity contribution in [1.82, 2.24) is 5.32 Å². The lowest BCUT2D eigenvalue weighted by molar-refractivity contribution is -0.115. The number of rotatable bonds is 6. The van der Waals surface area contributed by atoms with E-state index in [4.69, 9.17) is 5.11 Å². The van der Waals surface area contributed by atoms with Crippen LogP contribution in [0.25, 0.3) is 0 Å². The van der Waals surface area contributed by atoms with E-state index in [1.54, 1.807) is 0 Å². The molecule has 0 aliphatic heterocycles. The fraction of sp³-hybridized carbons (Fsp3) is 0.500. The summed E-state index contributed by atoms with van der Waals surface area (Å²) in [4.78, 5) is 11.8. The molecule has 1 aromatic rings. The zero-order valence-corrected chi connectivity index (χ0v) is 11.2. The maximum atomic E-state index is 11.8. The van der Waals surface area contributed by atoms with Gasteiger partial charge in [0.25, 0.3) is 0 Å². The predicted molar refractivity (Wildman–Crippen MR) is 73.5 cm³/mol. The minimum Gasteiger partial charge on any atom is -0.395 e. The molecule has 0 aromatic heterocycles. The molecule has 0 unspecified atom stereocenters. The Hall–Kier alpha value is -1.39. The number of carbonyl (C=O) groups is 1. The van der Waals surface area contributed by atoms with Crippen molar-refractivity contribution in [1.29, 1.82) is 0 Å². The predicted octanol–water partition coefficient (Wildman–Crippen LogP) is 1.54. The minimum absolute atomic E-state index is 0.0370. The molecule has 1 rings (SSSR count). The number of carbonyl (C=O) groups excluding carboxylic acids is 1. The lowest BCUT2D eigenvalue weighted by Crippen LogP contribution is -2.41. The number of nitrogens with one attached hydrogen (secondary N) is 2. The van der Waals surface area contributed by atoms with Gasteiger partial charge >= 0.3 is 0 Å². The van der Waals surface area contributed by atoms with Crippen LogP contribution in [0.15, 0.2) is 24.3 Å². The van der Waals surface area contributed by atoms with Crippen LogP contribution in [0.1, 0.15) is 19.4 Å². The van der Waals surface area contributed by atoms with Crippen LogP contribution in [0.4, 0.5) is 5.69 Å². The lowest BCUT2D eigenvalue weighted by Gasteiger charge is -2.19. The number of aliphatic hydroxyl groups is 1. The summed E-state index contributed by atoms with van der Waals surface area (Å²) in [6.45, 7) is 6.21. The second-order valence-corrected chi connectivity index (χ2v) is 4.78. The molecule has 100 valence electrons. The third-order valence-corrected chi connectivity index (χ3v) is 2.95. The van der Waals surface area contributed by atoms with Crippen LogP contribution in [0, 0.1) is 12.8 Å². The first-order valence-electron chi connectivity index (χ1n) is 6.24. The van der Waals surface area contributed by atoms with E-state index in [0.29, 0.717) is 5.92 Å². The van der Waals surface area contributed by atoms with Crippen molar-refractivity contribution in [2.24, 2.45) is 5.92 Å². The Kier molecular flexibility index (Phi) is 5.82. The summed E-state index contributed by atoms with van der Waals surface area (Å²) in [5, 5.41) is 15.0. The normalized spacial score (nSPS) is 12.5. The molecule has 0 spiro atoms. The molecule has 0 aliphatic rings. The van der Waals surface area contributed by atoms with Crippen LogP contribution in [-0.4, -0.2) is 30.2 Å². The van der Waals surface area contributed by atoms with Crippen molar-refractivity contribution in [2.75, 3.05) is 18.5 Å². The average Bonchev–Trinajstić information content (AvgIpc) is 2.32. The van der Waals surface area contributed by atoms with Crippen molar-refractivity contribution >= 4 is 11.6 Å². The van der Waals surface area contributed by atoms with Crippen LogP contribution in [0.5, 0.6) is 0 Å². The number of hydrogen-bond acceptors (Lipinski definition) is 3. The summed E-state index contributed by atoms with van der Waals surface area (Å²) in [6, 6.07) is 7.60. The van der Waals surface area contributed by atoms with Crippen LogP contribution < -0.4 is 10.6 Å². The minimum atomic E-state index is -0.0941. The van der Waals surface area contributed by atoms with Gasteiger partial charge < -0.3 is 15.7 Å². The molecule has 0 bridgehead atoms. The van der Waals surface area contributed by atoms with Crippen molar-refractivity contribution in [3.05, 3.63) is 29.8 Å². The first-order valence-corrected chi connectivity index (χ1v) is 6.24. The quantitative estimate of drug-likeness (QED) is 0.717. The lowest BCUT2D eigenvalue weighted by atomic mass is 10.1. The maximum absolute atomic E-state index is 11.8. The van der Waals surface area contributed by atoms with E-state index in [-0.39, 0.29) is 25.1 Å². The van der Waals surface area contributed by atoms with E-state index >= 15 is 0 Å².